The summed E-state index contributed by atoms with van der Waals surface area (Å²) in [4.78, 5) is 0. The van der Waals surface area contributed by atoms with Crippen molar-refractivity contribution in [2.45, 2.75) is 20.3 Å². The molecule has 0 aliphatic rings. The van der Waals surface area contributed by atoms with Crippen molar-refractivity contribution in [3.05, 3.63) is 47.5 Å². The fourth-order valence-corrected chi connectivity index (χ4v) is 1.33. The highest BCUT2D eigenvalue weighted by atomic mass is 14.3. The second kappa shape index (κ2) is 5.38. The molecule has 0 unspecified atom stereocenters. The Morgan fingerprint density at radius 2 is 2.00 bits per heavy atom. The first kappa shape index (κ1) is 10.7. The summed E-state index contributed by atoms with van der Waals surface area (Å²) in [7, 11) is 0. The molecule has 0 spiro atoms. The first-order valence-corrected chi connectivity index (χ1v) is 4.99. The third-order valence-corrected chi connectivity index (χ3v) is 2.07. The molecule has 1 N–H and O–H groups in total. The molecule has 0 saturated heterocycles. The maximum absolute atomic E-state index is 7.26. The van der Waals surface area contributed by atoms with Gasteiger partial charge in [-0.15, -0.1) is 0 Å². The van der Waals surface area contributed by atoms with Crippen LogP contribution in [0.4, 0.5) is 0 Å². The molecule has 0 bridgehead atoms. The van der Waals surface area contributed by atoms with E-state index < -0.39 is 0 Å². The molecule has 0 aliphatic heterocycles. The fraction of sp³-hybridized carbons (Fsp3) is 0.308. The third-order valence-electron chi connectivity index (χ3n) is 2.07. The van der Waals surface area contributed by atoms with Crippen LogP contribution in [-0.4, -0.2) is 6.21 Å². The molecule has 0 fully saturated rings. The molecule has 1 aromatic rings. The Hall–Kier alpha value is -1.37. The molecule has 0 heterocycles. The van der Waals surface area contributed by atoms with Crippen molar-refractivity contribution >= 4 is 6.21 Å². The van der Waals surface area contributed by atoms with E-state index in [2.05, 4.69) is 32.1 Å². The van der Waals surface area contributed by atoms with Crippen molar-refractivity contribution in [3.63, 3.8) is 0 Å². The lowest BCUT2D eigenvalue weighted by Gasteiger charge is -2.01. The summed E-state index contributed by atoms with van der Waals surface area (Å²) in [5, 5.41) is 7.26. The van der Waals surface area contributed by atoms with E-state index in [1.807, 2.05) is 18.2 Å². The number of nitrogens with one attached hydrogen (secondary N) is 1. The van der Waals surface area contributed by atoms with Gasteiger partial charge in [-0.2, -0.15) is 0 Å². The second-order valence-corrected chi connectivity index (χ2v) is 3.72. The number of hydrogen-bond donors (Lipinski definition) is 1. The quantitative estimate of drug-likeness (QED) is 0.551. The number of rotatable bonds is 4. The summed E-state index contributed by atoms with van der Waals surface area (Å²) in [6, 6.07) is 8.04. The zero-order valence-electron chi connectivity index (χ0n) is 8.83. The van der Waals surface area contributed by atoms with Crippen molar-refractivity contribution in [1.82, 2.24) is 0 Å². The zero-order chi connectivity index (χ0) is 10.4. The molecule has 1 aromatic carbocycles. The van der Waals surface area contributed by atoms with E-state index in [1.165, 1.54) is 11.8 Å². The van der Waals surface area contributed by atoms with Gasteiger partial charge in [0.15, 0.2) is 0 Å². The topological polar surface area (TPSA) is 23.9 Å². The molecule has 0 radical (unpaired) electrons. The van der Waals surface area contributed by atoms with Crippen LogP contribution in [-0.2, 0) is 6.42 Å². The first-order valence-electron chi connectivity index (χ1n) is 4.99. The van der Waals surface area contributed by atoms with E-state index in [0.717, 1.165) is 12.0 Å². The van der Waals surface area contributed by atoms with Gasteiger partial charge in [-0.3, -0.25) is 0 Å². The molecule has 1 rings (SSSR count). The fourth-order valence-electron chi connectivity index (χ4n) is 1.33. The van der Waals surface area contributed by atoms with Crippen molar-refractivity contribution in [3.8, 4) is 0 Å². The minimum absolute atomic E-state index is 0.599. The van der Waals surface area contributed by atoms with Crippen LogP contribution in [0.5, 0.6) is 0 Å². The molecule has 0 amide bonds. The van der Waals surface area contributed by atoms with Crippen molar-refractivity contribution in [2.75, 3.05) is 0 Å². The van der Waals surface area contributed by atoms with Crippen LogP contribution in [0.25, 0.3) is 0 Å². The molecule has 1 nitrogen and oxygen atoms in total. The number of benzene rings is 1. The Labute approximate surface area is 86.0 Å². The normalized spacial score (nSPS) is 11.1. The Morgan fingerprint density at radius 3 is 2.64 bits per heavy atom. The van der Waals surface area contributed by atoms with Crippen LogP contribution in [0.1, 0.15) is 25.0 Å². The summed E-state index contributed by atoms with van der Waals surface area (Å²) in [6.07, 6.45) is 6.70. The van der Waals surface area contributed by atoms with Gasteiger partial charge < -0.3 is 5.41 Å². The average Bonchev–Trinajstić information content (AvgIpc) is 2.18. The molecule has 0 aliphatic carbocycles. The van der Waals surface area contributed by atoms with Gasteiger partial charge in [-0.25, -0.2) is 0 Å². The summed E-state index contributed by atoms with van der Waals surface area (Å²) in [5.41, 5.74) is 2.24. The molecular formula is C13H17N. The van der Waals surface area contributed by atoms with Crippen LogP contribution in [0, 0.1) is 11.3 Å². The average molecular weight is 187 g/mol. The second-order valence-electron chi connectivity index (χ2n) is 3.72. The first-order chi connectivity index (χ1) is 6.74. The summed E-state index contributed by atoms with van der Waals surface area (Å²) in [6.45, 7) is 4.33. The van der Waals surface area contributed by atoms with E-state index in [0.29, 0.717) is 5.92 Å². The Balaban J connectivity index is 2.71. The zero-order valence-corrected chi connectivity index (χ0v) is 8.83. The number of hydrogen-bond acceptors (Lipinski definition) is 1. The third kappa shape index (κ3) is 3.17. The van der Waals surface area contributed by atoms with Crippen LogP contribution in [0.2, 0.25) is 0 Å². The van der Waals surface area contributed by atoms with Gasteiger partial charge in [0, 0.05) is 6.21 Å². The summed E-state index contributed by atoms with van der Waals surface area (Å²) < 4.78 is 0. The molecule has 1 heteroatoms. The van der Waals surface area contributed by atoms with E-state index >= 15 is 0 Å². The van der Waals surface area contributed by atoms with Crippen LogP contribution >= 0.6 is 0 Å². The van der Waals surface area contributed by atoms with Crippen LogP contribution < -0.4 is 0 Å². The maximum Gasteiger partial charge on any atom is 0.0253 e. The Morgan fingerprint density at radius 1 is 1.29 bits per heavy atom. The number of allylic oxidation sites excluding steroid dienone is 2. The minimum atomic E-state index is 0.599. The molecule has 0 atom stereocenters. The van der Waals surface area contributed by atoms with Gasteiger partial charge in [-0.1, -0.05) is 50.3 Å². The standard InChI is InChI=1S/C13H17N/c1-11(2)6-5-9-12-7-3-4-8-13(12)10-14/h3-8,10-11,14H,9H2,1-2H3/b6-5-,14-10?. The monoisotopic (exact) mass is 187 g/mol. The van der Waals surface area contributed by atoms with Gasteiger partial charge in [0.1, 0.15) is 0 Å². The van der Waals surface area contributed by atoms with E-state index in [-0.39, 0.29) is 0 Å². The highest BCUT2D eigenvalue weighted by Gasteiger charge is 1.95. The maximum atomic E-state index is 7.26. The van der Waals surface area contributed by atoms with E-state index in [1.54, 1.807) is 0 Å². The van der Waals surface area contributed by atoms with Gasteiger partial charge >= 0.3 is 0 Å². The van der Waals surface area contributed by atoms with Crippen LogP contribution in [0.3, 0.4) is 0 Å². The predicted octanol–water partition coefficient (Wildman–Crippen LogP) is 3.44. The smallest absolute Gasteiger partial charge is 0.0253 e. The molecular weight excluding hydrogens is 170 g/mol. The molecule has 0 saturated carbocycles. The lowest BCUT2D eigenvalue weighted by molar-refractivity contribution is 0.827. The van der Waals surface area contributed by atoms with Gasteiger partial charge in [0.05, 0.1) is 0 Å². The highest BCUT2D eigenvalue weighted by molar-refractivity contribution is 5.79. The minimum Gasteiger partial charge on any atom is -0.308 e. The Bertz CT molecular complexity index is 324. The largest absolute Gasteiger partial charge is 0.308 e. The Kier molecular flexibility index (Phi) is 4.11. The van der Waals surface area contributed by atoms with Crippen molar-refractivity contribution < 1.29 is 0 Å². The highest BCUT2D eigenvalue weighted by Crippen LogP contribution is 2.08. The van der Waals surface area contributed by atoms with E-state index in [9.17, 15) is 0 Å². The lowest BCUT2D eigenvalue weighted by atomic mass is 10.0. The van der Waals surface area contributed by atoms with Gasteiger partial charge in [0.2, 0.25) is 0 Å². The van der Waals surface area contributed by atoms with Crippen LogP contribution in [0.15, 0.2) is 36.4 Å². The predicted molar refractivity (Wildman–Crippen MR) is 62.0 cm³/mol. The van der Waals surface area contributed by atoms with Crippen molar-refractivity contribution in [2.24, 2.45) is 5.92 Å². The lowest BCUT2D eigenvalue weighted by Crippen LogP contribution is -1.90. The molecule has 74 valence electrons. The SMILES string of the molecule is CC(C)/C=C\Cc1ccccc1C=N. The summed E-state index contributed by atoms with van der Waals surface area (Å²) >= 11 is 0. The summed E-state index contributed by atoms with van der Waals surface area (Å²) in [5.74, 6) is 0.599. The van der Waals surface area contributed by atoms with Gasteiger partial charge in [-0.05, 0) is 23.5 Å². The van der Waals surface area contributed by atoms with Crippen molar-refractivity contribution in [1.29, 1.82) is 5.41 Å². The molecule has 0 aromatic heterocycles. The molecule has 14 heavy (non-hydrogen) atoms. The van der Waals surface area contributed by atoms with Gasteiger partial charge in [0.25, 0.3) is 0 Å². The van der Waals surface area contributed by atoms with E-state index in [4.69, 9.17) is 5.41 Å².